The van der Waals surface area contributed by atoms with Crippen LogP contribution in [0.2, 0.25) is 0 Å². The Morgan fingerprint density at radius 2 is 1.76 bits per heavy atom. The lowest BCUT2D eigenvalue weighted by Crippen LogP contribution is -2.46. The van der Waals surface area contributed by atoms with E-state index < -0.39 is 12.0 Å². The van der Waals surface area contributed by atoms with E-state index in [1.54, 1.807) is 20.1 Å². The van der Waals surface area contributed by atoms with Gasteiger partial charge in [-0.15, -0.1) is 22.7 Å². The minimum absolute atomic E-state index is 0.102. The molecule has 7 nitrogen and oxygen atoms in total. The molecule has 0 saturated heterocycles. The Bertz CT molecular complexity index is 1030. The average molecular weight is 487 g/mol. The third-order valence-electron chi connectivity index (χ3n) is 4.83. The lowest BCUT2D eigenvalue weighted by atomic mass is 10.1. The van der Waals surface area contributed by atoms with Crippen LogP contribution in [0.25, 0.3) is 0 Å². The number of nitrogens with one attached hydrogen (secondary N) is 1. The van der Waals surface area contributed by atoms with Gasteiger partial charge in [0, 0.05) is 16.3 Å². The molecule has 0 unspecified atom stereocenters. The highest BCUT2D eigenvalue weighted by atomic mass is 32.1. The van der Waals surface area contributed by atoms with Crippen molar-refractivity contribution in [1.82, 2.24) is 10.2 Å². The molecule has 0 bridgehead atoms. The van der Waals surface area contributed by atoms with Crippen molar-refractivity contribution in [2.75, 3.05) is 20.3 Å². The van der Waals surface area contributed by atoms with Gasteiger partial charge in [0.15, 0.2) is 0 Å². The Hall–Kier alpha value is -3.17. The average Bonchev–Trinajstić information content (AvgIpc) is 3.52. The number of thiophene rings is 2. The van der Waals surface area contributed by atoms with Gasteiger partial charge in [0.2, 0.25) is 11.8 Å². The first-order valence-corrected chi connectivity index (χ1v) is 12.2. The van der Waals surface area contributed by atoms with Crippen molar-refractivity contribution in [3.8, 4) is 5.75 Å². The van der Waals surface area contributed by atoms with E-state index in [0.29, 0.717) is 4.88 Å². The van der Waals surface area contributed by atoms with Crippen molar-refractivity contribution in [3.05, 3.63) is 74.6 Å². The molecule has 2 amide bonds. The second-order valence-corrected chi connectivity index (χ2v) is 9.08. The molecule has 0 aliphatic rings. The van der Waals surface area contributed by atoms with Gasteiger partial charge in [-0.25, -0.2) is 0 Å². The highest BCUT2D eigenvalue weighted by molar-refractivity contribution is 7.10. The first-order chi connectivity index (χ1) is 16.0. The van der Waals surface area contributed by atoms with Crippen molar-refractivity contribution in [2.24, 2.45) is 0 Å². The predicted molar refractivity (Wildman–Crippen MR) is 128 cm³/mol. The van der Waals surface area contributed by atoms with Gasteiger partial charge in [0.05, 0.1) is 20.1 Å². The summed E-state index contributed by atoms with van der Waals surface area (Å²) < 4.78 is 10.3. The van der Waals surface area contributed by atoms with Crippen LogP contribution in [-0.4, -0.2) is 42.9 Å². The molecule has 174 valence electrons. The molecule has 1 aromatic carbocycles. The van der Waals surface area contributed by atoms with Gasteiger partial charge >= 0.3 is 5.97 Å². The van der Waals surface area contributed by atoms with E-state index in [4.69, 9.17) is 9.47 Å². The third-order valence-corrected chi connectivity index (χ3v) is 6.63. The number of benzene rings is 1. The zero-order valence-corrected chi connectivity index (χ0v) is 20.1. The van der Waals surface area contributed by atoms with E-state index in [-0.39, 0.29) is 37.9 Å². The first-order valence-electron chi connectivity index (χ1n) is 10.4. The lowest BCUT2D eigenvalue weighted by molar-refractivity contribution is -0.152. The molecule has 0 aliphatic carbocycles. The van der Waals surface area contributed by atoms with Crippen LogP contribution in [0.5, 0.6) is 5.75 Å². The van der Waals surface area contributed by atoms with Gasteiger partial charge in [0.25, 0.3) is 0 Å². The van der Waals surface area contributed by atoms with Gasteiger partial charge in [-0.05, 0) is 47.5 Å². The smallest absolute Gasteiger partial charge is 0.325 e. The van der Waals surface area contributed by atoms with Crippen LogP contribution in [0.15, 0.2) is 59.3 Å². The Labute approximate surface area is 200 Å². The molecule has 9 heteroatoms. The van der Waals surface area contributed by atoms with E-state index in [2.05, 4.69) is 5.32 Å². The van der Waals surface area contributed by atoms with Crippen molar-refractivity contribution in [2.45, 2.75) is 25.9 Å². The van der Waals surface area contributed by atoms with E-state index in [1.807, 2.05) is 53.2 Å². The van der Waals surface area contributed by atoms with Crippen LogP contribution in [0, 0.1) is 0 Å². The minimum atomic E-state index is -0.944. The molecule has 33 heavy (non-hydrogen) atoms. The molecule has 0 spiro atoms. The fourth-order valence-electron chi connectivity index (χ4n) is 3.23. The summed E-state index contributed by atoms with van der Waals surface area (Å²) in [5, 5.41) is 6.63. The second-order valence-electron chi connectivity index (χ2n) is 7.07. The normalized spacial score (nSPS) is 11.5. The molecule has 0 radical (unpaired) electrons. The predicted octanol–water partition coefficient (Wildman–Crippen LogP) is 3.81. The maximum Gasteiger partial charge on any atom is 0.325 e. The maximum atomic E-state index is 13.4. The summed E-state index contributed by atoms with van der Waals surface area (Å²) in [7, 11) is 1.59. The molecule has 1 N–H and O–H groups in total. The second kappa shape index (κ2) is 12.2. The third kappa shape index (κ3) is 6.90. The van der Waals surface area contributed by atoms with Crippen LogP contribution in [0.3, 0.4) is 0 Å². The number of methoxy groups -OCH3 is 1. The Kier molecular flexibility index (Phi) is 9.03. The quantitative estimate of drug-likeness (QED) is 0.417. The number of carbonyl (C=O) groups excluding carboxylic acids is 3. The van der Waals surface area contributed by atoms with Crippen molar-refractivity contribution < 1.29 is 23.9 Å². The number of amides is 2. The number of ether oxygens (including phenoxy) is 2. The molecule has 2 heterocycles. The number of rotatable bonds is 11. The number of hydrogen-bond donors (Lipinski definition) is 1. The molecule has 2 aromatic heterocycles. The van der Waals surface area contributed by atoms with Gasteiger partial charge < -0.3 is 19.7 Å². The fourth-order valence-corrected chi connectivity index (χ4v) is 4.76. The largest absolute Gasteiger partial charge is 0.497 e. The lowest BCUT2D eigenvalue weighted by Gasteiger charge is -2.29. The van der Waals surface area contributed by atoms with Gasteiger partial charge in [-0.3, -0.25) is 14.4 Å². The molecule has 0 fully saturated rings. The highest BCUT2D eigenvalue weighted by Crippen LogP contribution is 2.27. The monoisotopic (exact) mass is 486 g/mol. The molecule has 0 aliphatic heterocycles. The molecular weight excluding hydrogens is 460 g/mol. The molecule has 0 saturated carbocycles. The number of carbonyl (C=O) groups is 3. The van der Waals surface area contributed by atoms with E-state index in [0.717, 1.165) is 16.2 Å². The van der Waals surface area contributed by atoms with Gasteiger partial charge in [-0.1, -0.05) is 24.3 Å². The number of hydrogen-bond acceptors (Lipinski definition) is 7. The summed E-state index contributed by atoms with van der Waals surface area (Å²) in [5.74, 6) is -0.511. The summed E-state index contributed by atoms with van der Waals surface area (Å²) in [6.07, 6.45) is 0.102. The van der Waals surface area contributed by atoms with Crippen molar-refractivity contribution in [3.63, 3.8) is 0 Å². The summed E-state index contributed by atoms with van der Waals surface area (Å²) >= 11 is 2.81. The number of esters is 1. The summed E-state index contributed by atoms with van der Waals surface area (Å²) in [6.45, 7) is 1.86. The van der Waals surface area contributed by atoms with E-state index in [1.165, 1.54) is 27.6 Å². The van der Waals surface area contributed by atoms with Crippen LogP contribution >= 0.6 is 22.7 Å². The van der Waals surface area contributed by atoms with E-state index in [9.17, 15) is 14.4 Å². The Morgan fingerprint density at radius 1 is 1.03 bits per heavy atom. The van der Waals surface area contributed by atoms with Crippen molar-refractivity contribution >= 4 is 40.5 Å². The zero-order chi connectivity index (χ0) is 23.6. The topological polar surface area (TPSA) is 84.9 Å². The Morgan fingerprint density at radius 3 is 2.36 bits per heavy atom. The minimum Gasteiger partial charge on any atom is -0.497 e. The van der Waals surface area contributed by atoms with Crippen LogP contribution in [-0.2, 0) is 32.1 Å². The zero-order valence-electron chi connectivity index (χ0n) is 18.5. The number of nitrogens with zero attached hydrogens (tertiary/aromatic N) is 1. The van der Waals surface area contributed by atoms with Crippen molar-refractivity contribution in [1.29, 1.82) is 0 Å². The highest BCUT2D eigenvalue weighted by Gasteiger charge is 2.34. The molecular formula is C24H26N2O5S2. The fraction of sp³-hybridized carbons (Fsp3) is 0.292. The summed E-state index contributed by atoms with van der Waals surface area (Å²) in [5.41, 5.74) is 0.885. The maximum absolute atomic E-state index is 13.4. The van der Waals surface area contributed by atoms with Crippen LogP contribution in [0.4, 0.5) is 0 Å². The van der Waals surface area contributed by atoms with E-state index >= 15 is 0 Å². The standard InChI is InChI=1S/C24H26N2O5S2/c1-3-31-22(28)16-26(21(27)14-19-6-4-12-32-19)23(20-7-5-13-33-20)24(29)25-15-17-8-10-18(30-2)11-9-17/h4-13,23H,3,14-16H2,1-2H3,(H,25,29)/t23-/m1/s1. The van der Waals surface area contributed by atoms with Gasteiger partial charge in [-0.2, -0.15) is 0 Å². The first kappa shape index (κ1) is 24.5. The summed E-state index contributed by atoms with van der Waals surface area (Å²) in [6, 6.07) is 13.7. The van der Waals surface area contributed by atoms with Crippen LogP contribution in [0.1, 0.15) is 28.3 Å². The molecule has 1 atom stereocenters. The summed E-state index contributed by atoms with van der Waals surface area (Å²) in [4.78, 5) is 41.8. The SMILES string of the molecule is CCOC(=O)CN(C(=O)Cc1cccs1)[C@@H](C(=O)NCc1ccc(OC)cc1)c1cccs1. The Balaban J connectivity index is 1.83. The molecule has 3 aromatic rings. The molecule has 3 rings (SSSR count). The van der Waals surface area contributed by atoms with Crippen LogP contribution < -0.4 is 10.1 Å². The van der Waals surface area contributed by atoms with Gasteiger partial charge in [0.1, 0.15) is 18.3 Å².